The fraction of sp³-hybridized carbons (Fsp3) is 0.700. The minimum absolute atomic E-state index is 0.0251. The summed E-state index contributed by atoms with van der Waals surface area (Å²) in [6, 6.07) is 6.98. The molecule has 23 heavy (non-hydrogen) atoms. The van der Waals surface area contributed by atoms with E-state index < -0.39 is 0 Å². The van der Waals surface area contributed by atoms with E-state index in [1.165, 1.54) is 42.4 Å². The zero-order valence-electron chi connectivity index (χ0n) is 14.7. The Morgan fingerprint density at radius 2 is 2.13 bits per heavy atom. The third kappa shape index (κ3) is 4.14. The Hall–Kier alpha value is -0.900. The molecular formula is C20H31NO2. The second-order valence-electron chi connectivity index (χ2n) is 7.28. The highest BCUT2D eigenvalue weighted by molar-refractivity contribution is 5.35. The molecule has 2 unspecified atom stereocenters. The largest absolute Gasteiger partial charge is 0.353 e. The Labute approximate surface area is 140 Å². The van der Waals surface area contributed by atoms with Gasteiger partial charge < -0.3 is 14.8 Å². The Morgan fingerprint density at radius 3 is 2.83 bits per heavy atom. The van der Waals surface area contributed by atoms with E-state index in [1.807, 2.05) is 0 Å². The minimum atomic E-state index is 0.0251. The van der Waals surface area contributed by atoms with E-state index in [-0.39, 0.29) is 11.7 Å². The molecule has 2 heterocycles. The molecule has 1 aromatic rings. The van der Waals surface area contributed by atoms with Crippen LogP contribution in [0.3, 0.4) is 0 Å². The monoisotopic (exact) mass is 317 g/mol. The molecule has 3 nitrogen and oxygen atoms in total. The smallest absolute Gasteiger partial charge is 0.157 e. The first kappa shape index (κ1) is 16.9. The van der Waals surface area contributed by atoms with Crippen LogP contribution in [0.15, 0.2) is 18.2 Å². The number of benzene rings is 1. The number of rotatable bonds is 5. The Bertz CT molecular complexity index is 502. The quantitative estimate of drug-likeness (QED) is 0.894. The van der Waals surface area contributed by atoms with Crippen LogP contribution in [0.25, 0.3) is 0 Å². The molecule has 1 N–H and O–H groups in total. The van der Waals surface area contributed by atoms with Gasteiger partial charge in [-0.2, -0.15) is 0 Å². The molecule has 2 aliphatic heterocycles. The van der Waals surface area contributed by atoms with Gasteiger partial charge in [-0.3, -0.25) is 0 Å². The average Bonchev–Trinajstić information content (AvgIpc) is 2.59. The molecule has 128 valence electrons. The van der Waals surface area contributed by atoms with Crippen LogP contribution in [-0.2, 0) is 14.9 Å². The van der Waals surface area contributed by atoms with Gasteiger partial charge in [-0.1, -0.05) is 18.2 Å². The molecule has 2 saturated heterocycles. The van der Waals surface area contributed by atoms with Gasteiger partial charge in [0.1, 0.15) is 0 Å². The molecule has 3 heteroatoms. The lowest BCUT2D eigenvalue weighted by Gasteiger charge is -2.39. The summed E-state index contributed by atoms with van der Waals surface area (Å²) in [6.45, 7) is 8.25. The number of piperidine rings is 1. The molecule has 0 saturated carbocycles. The minimum Gasteiger partial charge on any atom is -0.353 e. The molecular weight excluding hydrogens is 286 g/mol. The molecule has 0 aromatic heterocycles. The van der Waals surface area contributed by atoms with Gasteiger partial charge in [-0.15, -0.1) is 0 Å². The fourth-order valence-corrected chi connectivity index (χ4v) is 3.87. The third-order valence-corrected chi connectivity index (χ3v) is 5.61. The van der Waals surface area contributed by atoms with Crippen LogP contribution in [0.2, 0.25) is 0 Å². The van der Waals surface area contributed by atoms with Gasteiger partial charge in [0.2, 0.25) is 0 Å². The number of nitrogens with one attached hydrogen (secondary N) is 1. The molecule has 0 aliphatic carbocycles. The van der Waals surface area contributed by atoms with E-state index >= 15 is 0 Å². The molecule has 0 amide bonds. The summed E-state index contributed by atoms with van der Waals surface area (Å²) < 4.78 is 11.7. The van der Waals surface area contributed by atoms with Crippen molar-refractivity contribution in [1.29, 1.82) is 0 Å². The molecule has 0 spiro atoms. The highest BCUT2D eigenvalue weighted by Crippen LogP contribution is 2.36. The second kappa shape index (κ2) is 7.78. The lowest BCUT2D eigenvalue weighted by molar-refractivity contribution is -0.164. The zero-order chi connectivity index (χ0) is 16.1. The molecule has 0 bridgehead atoms. The Morgan fingerprint density at radius 1 is 1.22 bits per heavy atom. The average molecular weight is 317 g/mol. The van der Waals surface area contributed by atoms with Crippen LogP contribution in [-0.4, -0.2) is 32.6 Å². The predicted molar refractivity (Wildman–Crippen MR) is 93.9 cm³/mol. The maximum Gasteiger partial charge on any atom is 0.157 e. The highest BCUT2D eigenvalue weighted by Gasteiger charge is 2.34. The number of hydrogen-bond donors (Lipinski definition) is 1. The van der Waals surface area contributed by atoms with Crippen molar-refractivity contribution in [2.75, 3.05) is 26.3 Å². The van der Waals surface area contributed by atoms with Crippen LogP contribution < -0.4 is 5.32 Å². The van der Waals surface area contributed by atoms with Crippen molar-refractivity contribution in [2.24, 2.45) is 0 Å². The van der Waals surface area contributed by atoms with Crippen molar-refractivity contribution in [3.05, 3.63) is 34.9 Å². The Kier molecular flexibility index (Phi) is 5.73. The van der Waals surface area contributed by atoms with Crippen LogP contribution in [0.1, 0.15) is 55.2 Å². The number of aryl methyl sites for hydroxylation is 2. The normalized spacial score (nSPS) is 28.7. The summed E-state index contributed by atoms with van der Waals surface area (Å²) in [5, 5.41) is 3.61. The summed E-state index contributed by atoms with van der Waals surface area (Å²) in [7, 11) is 0. The summed E-state index contributed by atoms with van der Waals surface area (Å²) in [5.41, 5.74) is 4.45. The topological polar surface area (TPSA) is 30.5 Å². The van der Waals surface area contributed by atoms with Crippen molar-refractivity contribution < 1.29 is 9.47 Å². The SMILES string of the molecule is Cc1ccc(C2(CCOC3CCCCO3)CCCNC2)cc1C. The van der Waals surface area contributed by atoms with Gasteiger partial charge in [-0.25, -0.2) is 0 Å². The van der Waals surface area contributed by atoms with Crippen LogP contribution >= 0.6 is 0 Å². The fourth-order valence-electron chi connectivity index (χ4n) is 3.87. The van der Waals surface area contributed by atoms with Crippen molar-refractivity contribution in [3.8, 4) is 0 Å². The molecule has 0 radical (unpaired) electrons. The van der Waals surface area contributed by atoms with Crippen molar-refractivity contribution >= 4 is 0 Å². The summed E-state index contributed by atoms with van der Waals surface area (Å²) in [5.74, 6) is 0. The van der Waals surface area contributed by atoms with E-state index in [1.54, 1.807) is 0 Å². The molecule has 2 aliphatic rings. The van der Waals surface area contributed by atoms with Crippen LogP contribution in [0.4, 0.5) is 0 Å². The Balaban J connectivity index is 1.67. The number of ether oxygens (including phenoxy) is 2. The summed E-state index contributed by atoms with van der Waals surface area (Å²) in [6.07, 6.45) is 7.05. The van der Waals surface area contributed by atoms with Crippen molar-refractivity contribution in [3.63, 3.8) is 0 Å². The maximum atomic E-state index is 6.04. The molecule has 2 fully saturated rings. The van der Waals surface area contributed by atoms with E-state index in [0.717, 1.165) is 39.1 Å². The van der Waals surface area contributed by atoms with Crippen molar-refractivity contribution in [2.45, 2.75) is 64.1 Å². The number of hydrogen-bond acceptors (Lipinski definition) is 3. The molecule has 2 atom stereocenters. The first-order valence-corrected chi connectivity index (χ1v) is 9.21. The lowest BCUT2D eigenvalue weighted by atomic mass is 9.72. The molecule has 1 aromatic carbocycles. The molecule has 3 rings (SSSR count). The highest BCUT2D eigenvalue weighted by atomic mass is 16.7. The van der Waals surface area contributed by atoms with Gasteiger partial charge >= 0.3 is 0 Å². The van der Waals surface area contributed by atoms with Gasteiger partial charge in [0.15, 0.2) is 6.29 Å². The van der Waals surface area contributed by atoms with Gasteiger partial charge in [0, 0.05) is 18.6 Å². The zero-order valence-corrected chi connectivity index (χ0v) is 14.7. The van der Waals surface area contributed by atoms with Crippen LogP contribution in [0, 0.1) is 13.8 Å². The third-order valence-electron chi connectivity index (χ3n) is 5.61. The lowest BCUT2D eigenvalue weighted by Crippen LogP contribution is -2.44. The van der Waals surface area contributed by atoms with Crippen molar-refractivity contribution in [1.82, 2.24) is 5.32 Å². The van der Waals surface area contributed by atoms with Crippen LogP contribution in [0.5, 0.6) is 0 Å². The van der Waals surface area contributed by atoms with Gasteiger partial charge in [0.25, 0.3) is 0 Å². The van der Waals surface area contributed by atoms with Gasteiger partial charge in [0.05, 0.1) is 6.61 Å². The standard InChI is InChI=1S/C20H31NO2/c1-16-7-8-18(14-17(16)2)20(9-5-11-21-15-20)10-13-23-19-6-3-4-12-22-19/h7-8,14,19,21H,3-6,9-13,15H2,1-2H3. The first-order valence-electron chi connectivity index (χ1n) is 9.21. The van der Waals surface area contributed by atoms with E-state index in [2.05, 4.69) is 37.4 Å². The maximum absolute atomic E-state index is 6.04. The second-order valence-corrected chi connectivity index (χ2v) is 7.28. The van der Waals surface area contributed by atoms with Gasteiger partial charge in [-0.05, 0) is 75.6 Å². The summed E-state index contributed by atoms with van der Waals surface area (Å²) >= 11 is 0. The van der Waals surface area contributed by atoms with E-state index in [9.17, 15) is 0 Å². The predicted octanol–water partition coefficient (Wildman–Crippen LogP) is 3.86. The van der Waals surface area contributed by atoms with E-state index in [4.69, 9.17) is 9.47 Å². The summed E-state index contributed by atoms with van der Waals surface area (Å²) in [4.78, 5) is 0. The first-order chi connectivity index (χ1) is 11.2. The van der Waals surface area contributed by atoms with E-state index in [0.29, 0.717) is 0 Å².